The molecule has 0 amide bonds. The van der Waals surface area contributed by atoms with Gasteiger partial charge in [-0.15, -0.1) is 6.58 Å². The Morgan fingerprint density at radius 3 is 2.75 bits per heavy atom. The van der Waals surface area contributed by atoms with Gasteiger partial charge in [-0.2, -0.15) is 8.42 Å². The first kappa shape index (κ1) is 19.8. The van der Waals surface area contributed by atoms with Crippen LogP contribution in [0.1, 0.15) is 16.7 Å². The molecule has 1 heterocycles. The summed E-state index contributed by atoms with van der Waals surface area (Å²) in [5.41, 5.74) is 1.45. The minimum Gasteiger partial charge on any atom is -0.486 e. The van der Waals surface area contributed by atoms with Gasteiger partial charge in [-0.3, -0.25) is 14.7 Å². The van der Waals surface area contributed by atoms with Crippen LogP contribution in [0.2, 0.25) is 0 Å². The van der Waals surface area contributed by atoms with Gasteiger partial charge in [0.25, 0.3) is 15.8 Å². The molecular formula is C19H19NO7S. The number of nitro groups is 1. The first-order chi connectivity index (χ1) is 13.2. The third-order valence-corrected chi connectivity index (χ3v) is 5.35. The number of allylic oxidation sites excluding steroid dienone is 1. The molecule has 3 rings (SSSR count). The van der Waals surface area contributed by atoms with E-state index in [0.717, 1.165) is 5.56 Å². The largest absolute Gasteiger partial charge is 0.486 e. The lowest BCUT2D eigenvalue weighted by Gasteiger charge is -2.28. The number of nitrogens with zero attached hydrogens (tertiary/aromatic N) is 1. The third-order valence-electron chi connectivity index (χ3n) is 4.40. The van der Waals surface area contributed by atoms with Crippen molar-refractivity contribution in [1.82, 2.24) is 0 Å². The van der Waals surface area contributed by atoms with E-state index in [-0.39, 0.29) is 35.8 Å². The predicted molar refractivity (Wildman–Crippen MR) is 102 cm³/mol. The summed E-state index contributed by atoms with van der Waals surface area (Å²) in [5, 5.41) is 11.3. The number of ether oxygens (including phenoxy) is 2. The van der Waals surface area contributed by atoms with Crippen LogP contribution in [0.3, 0.4) is 0 Å². The van der Waals surface area contributed by atoms with Crippen molar-refractivity contribution in [3.05, 3.63) is 69.8 Å². The molecule has 1 aliphatic heterocycles. The van der Waals surface area contributed by atoms with Crippen LogP contribution >= 0.6 is 0 Å². The maximum atomic E-state index is 11.7. The fourth-order valence-electron chi connectivity index (χ4n) is 3.20. The Labute approximate surface area is 162 Å². The van der Waals surface area contributed by atoms with Crippen LogP contribution in [-0.4, -0.2) is 30.6 Å². The van der Waals surface area contributed by atoms with Crippen LogP contribution in [0.25, 0.3) is 0 Å². The van der Waals surface area contributed by atoms with Gasteiger partial charge in [-0.25, -0.2) is 0 Å². The molecule has 0 aliphatic carbocycles. The van der Waals surface area contributed by atoms with Crippen LogP contribution in [-0.2, 0) is 23.0 Å². The SMILES string of the molecule is C=CCc1c([N+](=O)[O-])ccc2c1OC(Cc1cc(C)ccc1S(=O)(=O)O)CO2. The van der Waals surface area contributed by atoms with Crippen molar-refractivity contribution in [1.29, 1.82) is 0 Å². The quantitative estimate of drug-likeness (QED) is 0.339. The number of nitro benzene ring substituents is 1. The fourth-order valence-corrected chi connectivity index (χ4v) is 3.91. The highest BCUT2D eigenvalue weighted by Gasteiger charge is 2.30. The van der Waals surface area contributed by atoms with Gasteiger partial charge in [0.15, 0.2) is 11.5 Å². The average molecular weight is 405 g/mol. The summed E-state index contributed by atoms with van der Waals surface area (Å²) in [5.74, 6) is 0.643. The smallest absolute Gasteiger partial charge is 0.294 e. The second-order valence-corrected chi connectivity index (χ2v) is 7.87. The molecule has 1 unspecified atom stereocenters. The lowest BCUT2D eigenvalue weighted by molar-refractivity contribution is -0.385. The Balaban J connectivity index is 1.97. The van der Waals surface area contributed by atoms with E-state index < -0.39 is 21.1 Å². The average Bonchev–Trinajstić information content (AvgIpc) is 2.61. The normalized spacial score (nSPS) is 15.9. The Hall–Kier alpha value is -2.91. The summed E-state index contributed by atoms with van der Waals surface area (Å²) in [7, 11) is -4.40. The van der Waals surface area contributed by atoms with Gasteiger partial charge in [0.2, 0.25) is 0 Å². The maximum Gasteiger partial charge on any atom is 0.294 e. The van der Waals surface area contributed by atoms with E-state index in [0.29, 0.717) is 16.9 Å². The van der Waals surface area contributed by atoms with Crippen molar-refractivity contribution >= 4 is 15.8 Å². The van der Waals surface area contributed by atoms with Crippen molar-refractivity contribution in [2.75, 3.05) is 6.61 Å². The summed E-state index contributed by atoms with van der Waals surface area (Å²) in [4.78, 5) is 10.6. The van der Waals surface area contributed by atoms with Gasteiger partial charge in [-0.1, -0.05) is 23.8 Å². The van der Waals surface area contributed by atoms with Crippen molar-refractivity contribution in [3.63, 3.8) is 0 Å². The summed E-state index contributed by atoms with van der Waals surface area (Å²) >= 11 is 0. The fraction of sp³-hybridized carbons (Fsp3) is 0.263. The van der Waals surface area contributed by atoms with E-state index >= 15 is 0 Å². The highest BCUT2D eigenvalue weighted by Crippen LogP contribution is 2.41. The van der Waals surface area contributed by atoms with Crippen molar-refractivity contribution < 1.29 is 27.4 Å². The van der Waals surface area contributed by atoms with Crippen LogP contribution < -0.4 is 9.47 Å². The minimum atomic E-state index is -4.40. The van der Waals surface area contributed by atoms with Crippen LogP contribution in [0.4, 0.5) is 5.69 Å². The number of fused-ring (bicyclic) bond motifs is 1. The number of aryl methyl sites for hydroxylation is 1. The molecule has 0 bridgehead atoms. The summed E-state index contributed by atoms with van der Waals surface area (Å²) < 4.78 is 44.5. The summed E-state index contributed by atoms with van der Waals surface area (Å²) in [6.07, 6.45) is 1.32. The predicted octanol–water partition coefficient (Wildman–Crippen LogP) is 3.26. The molecule has 8 nitrogen and oxygen atoms in total. The molecule has 1 N–H and O–H groups in total. The van der Waals surface area contributed by atoms with E-state index in [2.05, 4.69) is 6.58 Å². The first-order valence-corrected chi connectivity index (χ1v) is 9.92. The van der Waals surface area contributed by atoms with Crippen molar-refractivity contribution in [2.24, 2.45) is 0 Å². The Morgan fingerprint density at radius 1 is 1.36 bits per heavy atom. The van der Waals surface area contributed by atoms with Gasteiger partial charge < -0.3 is 9.47 Å². The molecule has 0 radical (unpaired) electrons. The van der Waals surface area contributed by atoms with Gasteiger partial charge in [0, 0.05) is 18.9 Å². The standard InChI is InChI=1S/C19H19NO7S/c1-3-4-15-16(20(21)22)6-7-17-19(15)27-14(11-26-17)10-13-9-12(2)5-8-18(13)28(23,24)25/h3,5-9,14H,1,4,10-11H2,2H3,(H,23,24,25). The molecule has 9 heteroatoms. The minimum absolute atomic E-state index is 0.0999. The van der Waals surface area contributed by atoms with E-state index in [9.17, 15) is 23.1 Å². The van der Waals surface area contributed by atoms with Gasteiger partial charge in [0.1, 0.15) is 12.7 Å². The summed E-state index contributed by atoms with van der Waals surface area (Å²) in [6.45, 7) is 5.57. The number of benzene rings is 2. The second kappa shape index (κ2) is 7.61. The topological polar surface area (TPSA) is 116 Å². The van der Waals surface area contributed by atoms with E-state index in [1.54, 1.807) is 19.1 Å². The van der Waals surface area contributed by atoms with Crippen LogP contribution in [0.5, 0.6) is 11.5 Å². The first-order valence-electron chi connectivity index (χ1n) is 8.48. The molecule has 0 spiro atoms. The van der Waals surface area contributed by atoms with E-state index in [4.69, 9.17) is 9.47 Å². The molecule has 0 saturated carbocycles. The zero-order valence-electron chi connectivity index (χ0n) is 15.1. The van der Waals surface area contributed by atoms with Gasteiger partial charge in [-0.05, 0) is 24.6 Å². The molecular weight excluding hydrogens is 386 g/mol. The van der Waals surface area contributed by atoms with E-state index in [1.807, 2.05) is 0 Å². The summed E-state index contributed by atoms with van der Waals surface area (Å²) in [6, 6.07) is 7.42. The number of hydrogen-bond acceptors (Lipinski definition) is 6. The molecule has 148 valence electrons. The molecule has 1 atom stereocenters. The molecule has 0 saturated heterocycles. The molecule has 2 aromatic rings. The van der Waals surface area contributed by atoms with Crippen molar-refractivity contribution in [3.8, 4) is 11.5 Å². The maximum absolute atomic E-state index is 11.7. The molecule has 0 aromatic heterocycles. The molecule has 28 heavy (non-hydrogen) atoms. The Kier molecular flexibility index (Phi) is 5.39. The lowest BCUT2D eigenvalue weighted by atomic mass is 10.0. The van der Waals surface area contributed by atoms with Gasteiger partial charge in [0.05, 0.1) is 15.4 Å². The number of rotatable bonds is 6. The third kappa shape index (κ3) is 4.00. The van der Waals surface area contributed by atoms with Crippen molar-refractivity contribution in [2.45, 2.75) is 30.8 Å². The molecule has 0 fully saturated rings. The second-order valence-electron chi connectivity index (χ2n) is 6.48. The Morgan fingerprint density at radius 2 is 2.11 bits per heavy atom. The van der Waals surface area contributed by atoms with Crippen LogP contribution in [0.15, 0.2) is 47.9 Å². The monoisotopic (exact) mass is 405 g/mol. The van der Waals surface area contributed by atoms with E-state index in [1.165, 1.54) is 24.3 Å². The lowest BCUT2D eigenvalue weighted by Crippen LogP contribution is -2.32. The highest BCUT2D eigenvalue weighted by atomic mass is 32.2. The molecule has 1 aliphatic rings. The number of hydrogen-bond donors (Lipinski definition) is 1. The van der Waals surface area contributed by atoms with Crippen LogP contribution in [0, 0.1) is 17.0 Å². The van der Waals surface area contributed by atoms with Gasteiger partial charge >= 0.3 is 0 Å². The molecule has 2 aromatic carbocycles. The zero-order valence-corrected chi connectivity index (χ0v) is 15.9. The zero-order chi connectivity index (χ0) is 20.5. The highest BCUT2D eigenvalue weighted by molar-refractivity contribution is 7.85. The Bertz CT molecular complexity index is 1050.